The Hall–Kier alpha value is -1.39. The van der Waals surface area contributed by atoms with Crippen LogP contribution in [0, 0.1) is 0 Å². The number of carbonyl (C=O) groups excluding carboxylic acids is 1. The van der Waals surface area contributed by atoms with Crippen LogP contribution in [0.2, 0.25) is 18.1 Å². The van der Waals surface area contributed by atoms with Crippen molar-refractivity contribution in [3.8, 4) is 0 Å². The van der Waals surface area contributed by atoms with E-state index < -0.39 is 8.32 Å². The topological polar surface area (TPSA) is 35.5 Å². The van der Waals surface area contributed by atoms with Gasteiger partial charge in [0.15, 0.2) is 8.32 Å². The molecule has 1 aromatic rings. The van der Waals surface area contributed by atoms with Crippen LogP contribution in [0.25, 0.3) is 6.08 Å². The minimum Gasteiger partial charge on any atom is -0.463 e. The maximum atomic E-state index is 12.2. The third-order valence-corrected chi connectivity index (χ3v) is 9.15. The first-order valence-electron chi connectivity index (χ1n) is 9.03. The fraction of sp³-hybridized carbons (Fsp3) is 0.571. The highest BCUT2D eigenvalue weighted by atomic mass is 28.4. The third-order valence-electron chi connectivity index (χ3n) is 4.66. The SMILES string of the molecule is CC(=Cc1ccccc1)[C@@H](CC(=O)OC(C)C)O[Si](C)(C)C(C)(C)C. The molecule has 0 aromatic heterocycles. The van der Waals surface area contributed by atoms with Crippen LogP contribution in [0.4, 0.5) is 0 Å². The Bertz CT molecular complexity index is 583. The highest BCUT2D eigenvalue weighted by Crippen LogP contribution is 2.38. The second kappa shape index (κ2) is 8.81. The number of hydrogen-bond acceptors (Lipinski definition) is 3. The predicted molar refractivity (Wildman–Crippen MR) is 108 cm³/mol. The van der Waals surface area contributed by atoms with E-state index in [0.717, 1.165) is 11.1 Å². The van der Waals surface area contributed by atoms with Gasteiger partial charge in [-0.3, -0.25) is 4.79 Å². The Morgan fingerprint density at radius 3 is 2.20 bits per heavy atom. The highest BCUT2D eigenvalue weighted by Gasteiger charge is 2.40. The molecule has 1 aromatic carbocycles. The van der Waals surface area contributed by atoms with Gasteiger partial charge >= 0.3 is 5.97 Å². The predicted octanol–water partition coefficient (Wildman–Crippen LogP) is 5.82. The molecule has 1 rings (SSSR count). The smallest absolute Gasteiger partial charge is 0.308 e. The van der Waals surface area contributed by atoms with Gasteiger partial charge in [-0.25, -0.2) is 0 Å². The summed E-state index contributed by atoms with van der Waals surface area (Å²) in [7, 11) is -2.00. The molecule has 0 saturated heterocycles. The summed E-state index contributed by atoms with van der Waals surface area (Å²) in [4.78, 5) is 12.2. The number of rotatable bonds is 7. The lowest BCUT2D eigenvalue weighted by Crippen LogP contribution is -2.44. The number of hydrogen-bond donors (Lipinski definition) is 0. The lowest BCUT2D eigenvalue weighted by atomic mass is 10.1. The Morgan fingerprint density at radius 1 is 1.16 bits per heavy atom. The number of benzene rings is 1. The Morgan fingerprint density at radius 2 is 1.72 bits per heavy atom. The molecule has 0 N–H and O–H groups in total. The van der Waals surface area contributed by atoms with Gasteiger partial charge in [-0.1, -0.05) is 57.2 Å². The third kappa shape index (κ3) is 7.16. The van der Waals surface area contributed by atoms with E-state index in [1.807, 2.05) is 39.0 Å². The van der Waals surface area contributed by atoms with Gasteiger partial charge in [-0.2, -0.15) is 0 Å². The van der Waals surface area contributed by atoms with Crippen molar-refractivity contribution >= 4 is 20.4 Å². The lowest BCUT2D eigenvalue weighted by Gasteiger charge is -2.39. The first-order valence-corrected chi connectivity index (χ1v) is 11.9. The fourth-order valence-corrected chi connectivity index (χ4v) is 3.53. The van der Waals surface area contributed by atoms with E-state index in [2.05, 4.69) is 52.1 Å². The van der Waals surface area contributed by atoms with E-state index in [1.54, 1.807) is 0 Å². The minimum absolute atomic E-state index is 0.0836. The minimum atomic E-state index is -2.00. The summed E-state index contributed by atoms with van der Waals surface area (Å²) in [6.07, 6.45) is 1.98. The average molecular weight is 363 g/mol. The van der Waals surface area contributed by atoms with Gasteiger partial charge in [0, 0.05) is 0 Å². The molecule has 0 amide bonds. The fourth-order valence-electron chi connectivity index (χ4n) is 2.20. The van der Waals surface area contributed by atoms with E-state index in [0.29, 0.717) is 0 Å². The largest absolute Gasteiger partial charge is 0.463 e. The molecule has 3 nitrogen and oxygen atoms in total. The molecule has 0 heterocycles. The van der Waals surface area contributed by atoms with Crippen LogP contribution in [-0.2, 0) is 14.0 Å². The molecule has 0 fully saturated rings. The highest BCUT2D eigenvalue weighted by molar-refractivity contribution is 6.74. The van der Waals surface area contributed by atoms with Gasteiger partial charge in [-0.05, 0) is 50.0 Å². The Kier molecular flexibility index (Phi) is 7.63. The van der Waals surface area contributed by atoms with Crippen LogP contribution in [-0.4, -0.2) is 26.5 Å². The second-order valence-corrected chi connectivity index (χ2v) is 13.2. The van der Waals surface area contributed by atoms with Crippen LogP contribution >= 0.6 is 0 Å². The summed E-state index contributed by atoms with van der Waals surface area (Å²) in [5.41, 5.74) is 2.16. The molecule has 0 aliphatic carbocycles. The zero-order chi connectivity index (χ0) is 19.3. The zero-order valence-corrected chi connectivity index (χ0v) is 18.1. The van der Waals surface area contributed by atoms with Crippen LogP contribution in [0.5, 0.6) is 0 Å². The number of ether oxygens (including phenoxy) is 1. The van der Waals surface area contributed by atoms with Crippen LogP contribution in [0.15, 0.2) is 35.9 Å². The average Bonchev–Trinajstić information content (AvgIpc) is 2.45. The summed E-state index contributed by atoms with van der Waals surface area (Å²) < 4.78 is 11.9. The molecular weight excluding hydrogens is 328 g/mol. The first kappa shape index (κ1) is 21.6. The summed E-state index contributed by atoms with van der Waals surface area (Å²) >= 11 is 0. The maximum absolute atomic E-state index is 12.2. The summed E-state index contributed by atoms with van der Waals surface area (Å²) in [5.74, 6) is -0.209. The first-order chi connectivity index (χ1) is 11.4. The quantitative estimate of drug-likeness (QED) is 0.453. The van der Waals surface area contributed by atoms with E-state index >= 15 is 0 Å². The molecule has 0 unspecified atom stereocenters. The van der Waals surface area contributed by atoms with Crippen LogP contribution in [0.3, 0.4) is 0 Å². The normalized spacial score (nSPS) is 14.5. The molecule has 0 aliphatic heterocycles. The van der Waals surface area contributed by atoms with Gasteiger partial charge in [0.05, 0.1) is 18.6 Å². The van der Waals surface area contributed by atoms with E-state index in [1.165, 1.54) is 0 Å². The number of carbonyl (C=O) groups is 1. The van der Waals surface area contributed by atoms with Crippen molar-refractivity contribution in [2.24, 2.45) is 0 Å². The molecule has 0 spiro atoms. The van der Waals surface area contributed by atoms with E-state index in [9.17, 15) is 4.79 Å². The van der Waals surface area contributed by atoms with Gasteiger partial charge in [0.1, 0.15) is 0 Å². The molecule has 4 heteroatoms. The van der Waals surface area contributed by atoms with Gasteiger partial charge < -0.3 is 9.16 Å². The van der Waals surface area contributed by atoms with Crippen molar-refractivity contribution in [1.29, 1.82) is 0 Å². The molecule has 0 bridgehead atoms. The van der Waals surface area contributed by atoms with Crippen molar-refractivity contribution in [2.45, 2.75) is 78.3 Å². The van der Waals surface area contributed by atoms with Crippen LogP contribution in [0.1, 0.15) is 53.5 Å². The molecule has 25 heavy (non-hydrogen) atoms. The summed E-state index contributed by atoms with van der Waals surface area (Å²) in [5, 5.41) is 0.0836. The summed E-state index contributed by atoms with van der Waals surface area (Å²) in [6.45, 7) is 16.8. The van der Waals surface area contributed by atoms with Crippen molar-refractivity contribution in [2.75, 3.05) is 0 Å². The van der Waals surface area contributed by atoms with E-state index in [4.69, 9.17) is 9.16 Å². The van der Waals surface area contributed by atoms with E-state index in [-0.39, 0.29) is 29.6 Å². The van der Waals surface area contributed by atoms with Crippen molar-refractivity contribution < 1.29 is 14.0 Å². The summed E-state index contributed by atoms with van der Waals surface area (Å²) in [6, 6.07) is 10.1. The lowest BCUT2D eigenvalue weighted by molar-refractivity contribution is -0.148. The molecule has 0 saturated carbocycles. The molecule has 140 valence electrons. The van der Waals surface area contributed by atoms with Gasteiger partial charge in [0.2, 0.25) is 0 Å². The molecule has 0 aliphatic rings. The maximum Gasteiger partial charge on any atom is 0.308 e. The van der Waals surface area contributed by atoms with Gasteiger partial charge in [-0.15, -0.1) is 0 Å². The van der Waals surface area contributed by atoms with Crippen molar-refractivity contribution in [3.63, 3.8) is 0 Å². The van der Waals surface area contributed by atoms with Gasteiger partial charge in [0.25, 0.3) is 0 Å². The number of esters is 1. The van der Waals surface area contributed by atoms with Crippen molar-refractivity contribution in [3.05, 3.63) is 41.5 Å². The molecular formula is C21H34O3Si. The second-order valence-electron chi connectivity index (χ2n) is 8.41. The Balaban J connectivity index is 3.06. The standard InChI is InChI=1S/C21H34O3Si/c1-16(2)23-20(22)15-19(24-25(7,8)21(4,5)6)17(3)14-18-12-10-9-11-13-18/h9-14,16,19H,15H2,1-8H3/t19-/m1/s1. The zero-order valence-electron chi connectivity index (χ0n) is 17.1. The molecule has 0 radical (unpaired) electrons. The van der Waals surface area contributed by atoms with Crippen LogP contribution < -0.4 is 0 Å². The Labute approximate surface area is 154 Å². The monoisotopic (exact) mass is 362 g/mol. The van der Waals surface area contributed by atoms with Crippen molar-refractivity contribution in [1.82, 2.24) is 0 Å². The molecule has 1 atom stereocenters.